The number of rotatable bonds is 3. The second-order valence-corrected chi connectivity index (χ2v) is 8.03. The predicted octanol–water partition coefficient (Wildman–Crippen LogP) is 1.81. The van der Waals surface area contributed by atoms with Gasteiger partial charge in [0.25, 0.3) is 0 Å². The Morgan fingerprint density at radius 3 is 2.71 bits per heavy atom. The molecule has 1 unspecified atom stereocenters. The van der Waals surface area contributed by atoms with Gasteiger partial charge in [0.1, 0.15) is 11.0 Å². The van der Waals surface area contributed by atoms with Crippen LogP contribution in [-0.4, -0.2) is 36.9 Å². The van der Waals surface area contributed by atoms with Crippen LogP contribution in [0, 0.1) is 16.7 Å². The summed E-state index contributed by atoms with van der Waals surface area (Å²) in [5.41, 5.74) is -1.05. The summed E-state index contributed by atoms with van der Waals surface area (Å²) in [7, 11) is -3.89. The lowest BCUT2D eigenvalue weighted by atomic mass is 9.90. The molecule has 1 aromatic carbocycles. The summed E-state index contributed by atoms with van der Waals surface area (Å²) >= 11 is 3.19. The van der Waals surface area contributed by atoms with Crippen molar-refractivity contribution in [3.05, 3.63) is 28.2 Å². The van der Waals surface area contributed by atoms with Gasteiger partial charge in [-0.2, -0.15) is 9.57 Å². The summed E-state index contributed by atoms with van der Waals surface area (Å²) in [4.78, 5) is 11.1. The monoisotopic (exact) mass is 372 g/mol. The average molecular weight is 373 g/mol. The molecule has 0 spiro atoms. The minimum Gasteiger partial charge on any atom is -0.481 e. The van der Waals surface area contributed by atoms with E-state index in [4.69, 9.17) is 5.26 Å². The van der Waals surface area contributed by atoms with Crippen molar-refractivity contribution < 1.29 is 18.3 Å². The number of carbonyl (C=O) groups is 1. The van der Waals surface area contributed by atoms with Gasteiger partial charge in [0.05, 0.1) is 11.0 Å². The van der Waals surface area contributed by atoms with E-state index in [2.05, 4.69) is 15.9 Å². The molecule has 6 nitrogen and oxygen atoms in total. The van der Waals surface area contributed by atoms with Crippen LogP contribution >= 0.6 is 15.9 Å². The van der Waals surface area contributed by atoms with Gasteiger partial charge >= 0.3 is 5.97 Å². The van der Waals surface area contributed by atoms with Gasteiger partial charge < -0.3 is 5.11 Å². The Morgan fingerprint density at radius 2 is 2.19 bits per heavy atom. The van der Waals surface area contributed by atoms with Crippen molar-refractivity contribution in [2.75, 3.05) is 13.1 Å². The van der Waals surface area contributed by atoms with E-state index in [1.165, 1.54) is 19.1 Å². The summed E-state index contributed by atoms with van der Waals surface area (Å²) in [5.74, 6) is -1.02. The smallest absolute Gasteiger partial charge is 0.310 e. The van der Waals surface area contributed by atoms with Gasteiger partial charge in [-0.05, 0) is 31.5 Å². The van der Waals surface area contributed by atoms with Crippen LogP contribution in [-0.2, 0) is 14.8 Å². The molecule has 1 saturated heterocycles. The Bertz CT molecular complexity index is 741. The summed E-state index contributed by atoms with van der Waals surface area (Å²) in [6, 6.07) is 6.22. The largest absolute Gasteiger partial charge is 0.481 e. The van der Waals surface area contributed by atoms with E-state index in [9.17, 15) is 18.3 Å². The number of benzene rings is 1. The maximum Gasteiger partial charge on any atom is 0.310 e. The quantitative estimate of drug-likeness (QED) is 0.871. The Labute approximate surface area is 131 Å². The van der Waals surface area contributed by atoms with E-state index in [1.54, 1.807) is 6.07 Å². The zero-order chi connectivity index (χ0) is 15.8. The van der Waals surface area contributed by atoms with Crippen LogP contribution in [0.5, 0.6) is 0 Å². The van der Waals surface area contributed by atoms with Crippen LogP contribution in [0.25, 0.3) is 0 Å². The van der Waals surface area contributed by atoms with Crippen molar-refractivity contribution in [3.8, 4) is 6.07 Å². The van der Waals surface area contributed by atoms with Crippen molar-refractivity contribution in [1.82, 2.24) is 4.31 Å². The molecule has 1 atom stereocenters. The zero-order valence-electron chi connectivity index (χ0n) is 11.2. The standard InChI is InChI=1S/C13H13BrN2O4S/c1-13(12(17)18)4-5-16(8-13)21(19,20)11-6-10(14)3-2-9(11)7-15/h2-3,6H,4-5,8H2,1H3,(H,17,18). The number of hydrogen-bond acceptors (Lipinski definition) is 4. The first kappa shape index (κ1) is 15.9. The molecular formula is C13H13BrN2O4S. The third-order valence-electron chi connectivity index (χ3n) is 3.64. The Hall–Kier alpha value is -1.43. The lowest BCUT2D eigenvalue weighted by molar-refractivity contribution is -0.146. The molecule has 0 aliphatic carbocycles. The molecule has 1 aliphatic heterocycles. The Morgan fingerprint density at radius 1 is 1.52 bits per heavy atom. The SMILES string of the molecule is CC1(C(=O)O)CCN(S(=O)(=O)c2cc(Br)ccc2C#N)C1. The molecule has 0 radical (unpaired) electrons. The fourth-order valence-corrected chi connectivity index (χ4v) is 4.48. The number of carboxylic acids is 1. The summed E-state index contributed by atoms with van der Waals surface area (Å²) in [6.45, 7) is 1.56. The highest BCUT2D eigenvalue weighted by molar-refractivity contribution is 9.10. The van der Waals surface area contributed by atoms with Gasteiger partial charge in [0.15, 0.2) is 0 Å². The summed E-state index contributed by atoms with van der Waals surface area (Å²) < 4.78 is 26.9. The number of nitriles is 1. The number of carboxylic acid groups (broad SMARTS) is 1. The van der Waals surface area contributed by atoms with Crippen molar-refractivity contribution >= 4 is 31.9 Å². The minimum absolute atomic E-state index is 0.0436. The molecule has 112 valence electrons. The molecule has 8 heteroatoms. The molecule has 1 N–H and O–H groups in total. The van der Waals surface area contributed by atoms with Crippen LogP contribution in [0.2, 0.25) is 0 Å². The van der Waals surface area contributed by atoms with Gasteiger partial charge in [-0.25, -0.2) is 8.42 Å². The maximum absolute atomic E-state index is 12.6. The number of halogens is 1. The fourth-order valence-electron chi connectivity index (χ4n) is 2.24. The molecule has 0 amide bonds. The third kappa shape index (κ3) is 2.81. The Kier molecular flexibility index (Phi) is 4.10. The summed E-state index contributed by atoms with van der Waals surface area (Å²) in [5, 5.41) is 18.3. The molecule has 1 aromatic rings. The van der Waals surface area contributed by atoms with Crippen LogP contribution in [0.3, 0.4) is 0 Å². The van der Waals surface area contributed by atoms with E-state index < -0.39 is 21.4 Å². The fraction of sp³-hybridized carbons (Fsp3) is 0.385. The predicted molar refractivity (Wildman–Crippen MR) is 78.0 cm³/mol. The van der Waals surface area contributed by atoms with Crippen LogP contribution in [0.15, 0.2) is 27.6 Å². The first-order valence-corrected chi connectivity index (χ1v) is 8.37. The first-order valence-electron chi connectivity index (χ1n) is 6.14. The van der Waals surface area contributed by atoms with Crippen molar-refractivity contribution in [3.63, 3.8) is 0 Å². The topological polar surface area (TPSA) is 98.5 Å². The van der Waals surface area contributed by atoms with Gasteiger partial charge in [0.2, 0.25) is 10.0 Å². The highest BCUT2D eigenvalue weighted by Gasteiger charge is 2.45. The molecule has 1 heterocycles. The molecule has 0 bridgehead atoms. The van der Waals surface area contributed by atoms with E-state index in [0.717, 1.165) is 4.31 Å². The lowest BCUT2D eigenvalue weighted by Gasteiger charge is -2.20. The number of nitrogens with zero attached hydrogens (tertiary/aromatic N) is 2. The van der Waals surface area contributed by atoms with Gasteiger partial charge in [0, 0.05) is 17.6 Å². The van der Waals surface area contributed by atoms with Crippen molar-refractivity contribution in [2.45, 2.75) is 18.2 Å². The number of aliphatic carboxylic acids is 1. The molecule has 1 aliphatic rings. The lowest BCUT2D eigenvalue weighted by Crippen LogP contribution is -2.35. The van der Waals surface area contributed by atoms with E-state index in [0.29, 0.717) is 4.47 Å². The third-order valence-corrected chi connectivity index (χ3v) is 6.01. The minimum atomic E-state index is -3.89. The van der Waals surface area contributed by atoms with E-state index in [-0.39, 0.29) is 30.0 Å². The molecule has 1 fully saturated rings. The maximum atomic E-state index is 12.6. The number of sulfonamides is 1. The molecule has 0 saturated carbocycles. The Balaban J connectivity index is 2.44. The second-order valence-electron chi connectivity index (χ2n) is 5.21. The molecule has 0 aromatic heterocycles. The molecular weight excluding hydrogens is 360 g/mol. The zero-order valence-corrected chi connectivity index (χ0v) is 13.6. The van der Waals surface area contributed by atoms with Crippen LogP contribution in [0.4, 0.5) is 0 Å². The van der Waals surface area contributed by atoms with Crippen LogP contribution < -0.4 is 0 Å². The number of hydrogen-bond donors (Lipinski definition) is 1. The van der Waals surface area contributed by atoms with Crippen molar-refractivity contribution in [1.29, 1.82) is 5.26 Å². The van der Waals surface area contributed by atoms with Crippen LogP contribution in [0.1, 0.15) is 18.9 Å². The first-order chi connectivity index (χ1) is 9.70. The van der Waals surface area contributed by atoms with E-state index in [1.807, 2.05) is 6.07 Å². The van der Waals surface area contributed by atoms with Gasteiger partial charge in [-0.15, -0.1) is 0 Å². The average Bonchev–Trinajstić information content (AvgIpc) is 2.83. The van der Waals surface area contributed by atoms with Gasteiger partial charge in [-0.1, -0.05) is 15.9 Å². The highest BCUT2D eigenvalue weighted by Crippen LogP contribution is 2.34. The van der Waals surface area contributed by atoms with Gasteiger partial charge in [-0.3, -0.25) is 4.79 Å². The molecule has 2 rings (SSSR count). The molecule has 21 heavy (non-hydrogen) atoms. The highest BCUT2D eigenvalue weighted by atomic mass is 79.9. The summed E-state index contributed by atoms with van der Waals surface area (Å²) in [6.07, 6.45) is 0.247. The second kappa shape index (κ2) is 5.40. The van der Waals surface area contributed by atoms with E-state index >= 15 is 0 Å². The normalized spacial score (nSPS) is 22.9. The van der Waals surface area contributed by atoms with Crippen molar-refractivity contribution in [2.24, 2.45) is 5.41 Å².